The molecule has 1 N–H and O–H groups in total. The number of nitrogens with zero attached hydrogens (tertiary/aromatic N) is 4. The van der Waals surface area contributed by atoms with Crippen LogP contribution in [0.5, 0.6) is 0 Å². The van der Waals surface area contributed by atoms with Gasteiger partial charge in [0.2, 0.25) is 0 Å². The van der Waals surface area contributed by atoms with Crippen molar-refractivity contribution in [1.82, 2.24) is 25.1 Å². The summed E-state index contributed by atoms with van der Waals surface area (Å²) in [5.74, 6) is 0.480. The van der Waals surface area contributed by atoms with Gasteiger partial charge in [0.25, 0.3) is 0 Å². The molecule has 0 spiro atoms. The van der Waals surface area contributed by atoms with Gasteiger partial charge in [0.15, 0.2) is 11.4 Å². The van der Waals surface area contributed by atoms with Crippen LogP contribution in [0.2, 0.25) is 0 Å². The van der Waals surface area contributed by atoms with Crippen molar-refractivity contribution in [2.24, 2.45) is 7.05 Å². The number of aromatic nitrogens is 4. The third kappa shape index (κ3) is 3.03. The van der Waals surface area contributed by atoms with E-state index < -0.39 is 0 Å². The van der Waals surface area contributed by atoms with Crippen molar-refractivity contribution >= 4 is 39.9 Å². The zero-order chi connectivity index (χ0) is 15.5. The van der Waals surface area contributed by atoms with Crippen LogP contribution in [0.15, 0.2) is 29.7 Å². The Kier molecular flexibility index (Phi) is 4.51. The van der Waals surface area contributed by atoms with Crippen LogP contribution >= 0.6 is 23.1 Å². The summed E-state index contributed by atoms with van der Waals surface area (Å²) in [6.45, 7) is 0.785. The molecule has 0 aromatic carbocycles. The van der Waals surface area contributed by atoms with Crippen LogP contribution in [0, 0.1) is 0 Å². The van der Waals surface area contributed by atoms with E-state index in [-0.39, 0.29) is 5.78 Å². The molecule has 0 atom stereocenters. The zero-order valence-corrected chi connectivity index (χ0v) is 13.9. The zero-order valence-electron chi connectivity index (χ0n) is 12.2. The van der Waals surface area contributed by atoms with Crippen molar-refractivity contribution in [3.63, 3.8) is 0 Å². The largest absolute Gasteiger partial charge is 0.315 e. The number of carbonyl (C=O) groups excluding carboxylic acids is 1. The van der Waals surface area contributed by atoms with Crippen molar-refractivity contribution < 1.29 is 4.79 Å². The Morgan fingerprint density at radius 3 is 3.09 bits per heavy atom. The Balaban J connectivity index is 1.71. The lowest BCUT2D eigenvalue weighted by Crippen LogP contribution is -2.03. The van der Waals surface area contributed by atoms with E-state index in [9.17, 15) is 4.79 Å². The van der Waals surface area contributed by atoms with Gasteiger partial charge < -0.3 is 5.32 Å². The Hall–Kier alpha value is -1.77. The molecule has 3 aromatic rings. The third-order valence-electron chi connectivity index (χ3n) is 3.12. The van der Waals surface area contributed by atoms with Crippen LogP contribution in [0.25, 0.3) is 11.0 Å². The lowest BCUT2D eigenvalue weighted by Gasteiger charge is -2.01. The first-order valence-corrected chi connectivity index (χ1v) is 8.51. The van der Waals surface area contributed by atoms with Gasteiger partial charge in [-0.3, -0.25) is 9.48 Å². The maximum absolute atomic E-state index is 12.3. The van der Waals surface area contributed by atoms with Crippen LogP contribution in [0.3, 0.4) is 0 Å². The maximum atomic E-state index is 12.3. The van der Waals surface area contributed by atoms with Gasteiger partial charge in [-0.15, -0.1) is 11.3 Å². The van der Waals surface area contributed by atoms with E-state index in [2.05, 4.69) is 20.4 Å². The van der Waals surface area contributed by atoms with Crippen molar-refractivity contribution in [3.05, 3.63) is 34.4 Å². The molecule has 6 nitrogen and oxygen atoms in total. The van der Waals surface area contributed by atoms with Crippen molar-refractivity contribution in [2.45, 2.75) is 11.6 Å². The predicted octanol–water partition coefficient (Wildman–Crippen LogP) is 2.12. The Morgan fingerprint density at radius 1 is 1.41 bits per heavy atom. The summed E-state index contributed by atoms with van der Waals surface area (Å²) in [5, 5.41) is 8.93. The molecule has 0 fully saturated rings. The summed E-state index contributed by atoms with van der Waals surface area (Å²) in [6, 6.07) is 3.88. The molecule has 22 heavy (non-hydrogen) atoms. The number of fused-ring (bicyclic) bond motifs is 1. The average Bonchev–Trinajstić information content (AvgIpc) is 3.13. The molecule has 0 amide bonds. The summed E-state index contributed by atoms with van der Waals surface area (Å²) in [7, 11) is 3.73. The SMILES string of the molecule is CNCc1ccc(C(=O)CSc2ncnc3c2cnn3C)s1. The van der Waals surface area contributed by atoms with Gasteiger partial charge in [-0.2, -0.15) is 5.10 Å². The van der Waals surface area contributed by atoms with E-state index in [1.165, 1.54) is 29.4 Å². The van der Waals surface area contributed by atoms with Crippen LogP contribution in [-0.4, -0.2) is 38.3 Å². The Labute approximate surface area is 136 Å². The molecule has 0 bridgehead atoms. The molecule has 3 aromatic heterocycles. The highest BCUT2D eigenvalue weighted by molar-refractivity contribution is 8.00. The highest BCUT2D eigenvalue weighted by Crippen LogP contribution is 2.26. The molecule has 0 radical (unpaired) electrons. The lowest BCUT2D eigenvalue weighted by atomic mass is 10.3. The number of Topliss-reactive ketones (excluding diaryl/α,β-unsaturated/α-hetero) is 1. The average molecular weight is 333 g/mol. The van der Waals surface area contributed by atoms with Gasteiger partial charge in [0.1, 0.15) is 11.4 Å². The number of nitrogens with one attached hydrogen (secondary N) is 1. The number of hydrogen-bond acceptors (Lipinski definition) is 7. The first-order valence-electron chi connectivity index (χ1n) is 6.71. The van der Waals surface area contributed by atoms with Gasteiger partial charge in [-0.05, 0) is 19.2 Å². The van der Waals surface area contributed by atoms with E-state index in [1.54, 1.807) is 10.9 Å². The molecule has 8 heteroatoms. The minimum Gasteiger partial charge on any atom is -0.315 e. The minimum absolute atomic E-state index is 0.119. The van der Waals surface area contributed by atoms with Crippen LogP contribution in [0.1, 0.15) is 14.5 Å². The molecule has 0 aliphatic heterocycles. The number of aryl methyl sites for hydroxylation is 1. The molecule has 0 aliphatic carbocycles. The number of rotatable bonds is 6. The minimum atomic E-state index is 0.119. The number of thiophene rings is 1. The van der Waals surface area contributed by atoms with Gasteiger partial charge >= 0.3 is 0 Å². The van der Waals surface area contributed by atoms with Gasteiger partial charge in [-0.25, -0.2) is 9.97 Å². The van der Waals surface area contributed by atoms with E-state index in [1.807, 2.05) is 26.2 Å². The second-order valence-corrected chi connectivity index (χ2v) is 6.82. The predicted molar refractivity (Wildman–Crippen MR) is 88.4 cm³/mol. The molecule has 0 saturated carbocycles. The summed E-state index contributed by atoms with van der Waals surface area (Å²) in [6.07, 6.45) is 3.24. The fourth-order valence-electron chi connectivity index (χ4n) is 2.06. The van der Waals surface area contributed by atoms with Gasteiger partial charge in [0.05, 0.1) is 22.2 Å². The number of ketones is 1. The maximum Gasteiger partial charge on any atom is 0.183 e. The third-order valence-corrected chi connectivity index (χ3v) is 5.25. The number of hydrogen-bond donors (Lipinski definition) is 1. The fraction of sp³-hybridized carbons (Fsp3) is 0.286. The summed E-state index contributed by atoms with van der Waals surface area (Å²) in [4.78, 5) is 22.7. The molecule has 3 rings (SSSR count). The molecule has 0 saturated heterocycles. The van der Waals surface area contributed by atoms with Crippen molar-refractivity contribution in [2.75, 3.05) is 12.8 Å². The van der Waals surface area contributed by atoms with Crippen molar-refractivity contribution in [3.8, 4) is 0 Å². The lowest BCUT2D eigenvalue weighted by molar-refractivity contribution is 0.102. The van der Waals surface area contributed by atoms with Crippen LogP contribution in [-0.2, 0) is 13.6 Å². The highest BCUT2D eigenvalue weighted by atomic mass is 32.2. The number of carbonyl (C=O) groups is 1. The normalized spacial score (nSPS) is 11.2. The van der Waals surface area contributed by atoms with Gasteiger partial charge in [-0.1, -0.05) is 11.8 Å². The molecule has 0 aliphatic rings. The first-order chi connectivity index (χ1) is 10.7. The van der Waals surface area contributed by atoms with E-state index >= 15 is 0 Å². The Morgan fingerprint density at radius 2 is 2.27 bits per heavy atom. The second-order valence-electron chi connectivity index (χ2n) is 4.69. The fourth-order valence-corrected chi connectivity index (χ4v) is 3.95. The smallest absolute Gasteiger partial charge is 0.183 e. The van der Waals surface area contributed by atoms with Gasteiger partial charge in [0, 0.05) is 18.5 Å². The molecular formula is C14H15N5OS2. The monoisotopic (exact) mass is 333 g/mol. The summed E-state index contributed by atoms with van der Waals surface area (Å²) < 4.78 is 1.70. The first kappa shape index (κ1) is 15.1. The van der Waals surface area contributed by atoms with Crippen molar-refractivity contribution in [1.29, 1.82) is 0 Å². The van der Waals surface area contributed by atoms with Crippen LogP contribution in [0.4, 0.5) is 0 Å². The topological polar surface area (TPSA) is 72.7 Å². The van der Waals surface area contributed by atoms with E-state index in [0.717, 1.165) is 32.4 Å². The summed E-state index contributed by atoms with van der Waals surface area (Å²) in [5.41, 5.74) is 0.775. The standard InChI is InChI=1S/C14H15N5OS2/c1-15-5-9-3-4-12(22-9)11(20)7-21-14-10-6-18-19(2)13(10)16-8-17-14/h3-4,6,8,15H,5,7H2,1-2H3. The summed E-state index contributed by atoms with van der Waals surface area (Å²) >= 11 is 2.96. The second kappa shape index (κ2) is 6.55. The van der Waals surface area contributed by atoms with Crippen LogP contribution < -0.4 is 5.32 Å². The molecular weight excluding hydrogens is 318 g/mol. The van der Waals surface area contributed by atoms with E-state index in [0.29, 0.717) is 5.75 Å². The van der Waals surface area contributed by atoms with E-state index in [4.69, 9.17) is 0 Å². The molecule has 0 unspecified atom stereocenters. The Bertz CT molecular complexity index is 811. The quantitative estimate of drug-likeness (QED) is 0.423. The number of thioether (sulfide) groups is 1. The molecule has 3 heterocycles. The highest BCUT2D eigenvalue weighted by Gasteiger charge is 2.13. The molecule has 114 valence electrons.